The quantitative estimate of drug-likeness (QED) is 0.819. The van der Waals surface area contributed by atoms with E-state index < -0.39 is 0 Å². The SMILES string of the molecule is COCc1nc(C)c(CC(=O)N2CCN(c3ccc(F)cc3)CC2)s1. The second-order valence-corrected chi connectivity index (χ2v) is 7.24. The molecule has 1 aromatic carbocycles. The first kappa shape index (κ1) is 17.8. The Morgan fingerprint density at radius 2 is 1.92 bits per heavy atom. The van der Waals surface area contributed by atoms with E-state index in [1.807, 2.05) is 11.8 Å². The van der Waals surface area contributed by atoms with E-state index in [1.54, 1.807) is 30.6 Å². The number of amides is 1. The van der Waals surface area contributed by atoms with Gasteiger partial charge in [-0.1, -0.05) is 0 Å². The Labute approximate surface area is 151 Å². The minimum atomic E-state index is -0.231. The molecule has 0 saturated carbocycles. The summed E-state index contributed by atoms with van der Waals surface area (Å²) in [7, 11) is 1.64. The van der Waals surface area contributed by atoms with Crippen LogP contribution in [0.25, 0.3) is 0 Å². The highest BCUT2D eigenvalue weighted by atomic mass is 32.1. The number of ether oxygens (including phenoxy) is 1. The zero-order valence-electron chi connectivity index (χ0n) is 14.5. The first-order chi connectivity index (χ1) is 12.1. The van der Waals surface area contributed by atoms with Crippen molar-refractivity contribution in [1.29, 1.82) is 0 Å². The predicted molar refractivity (Wildman–Crippen MR) is 96.5 cm³/mol. The summed E-state index contributed by atoms with van der Waals surface area (Å²) in [5, 5.41) is 0.906. The van der Waals surface area contributed by atoms with Gasteiger partial charge in [-0.2, -0.15) is 0 Å². The fraction of sp³-hybridized carbons (Fsp3) is 0.444. The summed E-state index contributed by atoms with van der Waals surface area (Å²) >= 11 is 1.55. The molecule has 3 rings (SSSR count). The van der Waals surface area contributed by atoms with Crippen molar-refractivity contribution in [3.05, 3.63) is 45.7 Å². The predicted octanol–water partition coefficient (Wildman–Crippen LogP) is 2.63. The van der Waals surface area contributed by atoms with Crippen molar-refractivity contribution in [2.45, 2.75) is 20.0 Å². The van der Waals surface area contributed by atoms with Gasteiger partial charge in [-0.05, 0) is 31.2 Å². The highest BCUT2D eigenvalue weighted by Crippen LogP contribution is 2.21. The van der Waals surface area contributed by atoms with E-state index in [4.69, 9.17) is 4.74 Å². The van der Waals surface area contributed by atoms with Crippen molar-refractivity contribution in [3.8, 4) is 0 Å². The number of carbonyl (C=O) groups is 1. The Hall–Kier alpha value is -1.99. The number of rotatable bonds is 5. The molecule has 0 aliphatic carbocycles. The zero-order chi connectivity index (χ0) is 17.8. The first-order valence-electron chi connectivity index (χ1n) is 8.29. The van der Waals surface area contributed by atoms with Gasteiger partial charge in [-0.3, -0.25) is 4.79 Å². The van der Waals surface area contributed by atoms with E-state index in [9.17, 15) is 9.18 Å². The lowest BCUT2D eigenvalue weighted by Gasteiger charge is -2.36. The number of carbonyl (C=O) groups excluding carboxylic acids is 1. The van der Waals surface area contributed by atoms with Crippen molar-refractivity contribution >= 4 is 22.9 Å². The van der Waals surface area contributed by atoms with Gasteiger partial charge in [-0.15, -0.1) is 11.3 Å². The maximum Gasteiger partial charge on any atom is 0.228 e. The van der Waals surface area contributed by atoms with Gasteiger partial charge in [0.15, 0.2) is 0 Å². The molecule has 2 aromatic rings. The second-order valence-electron chi connectivity index (χ2n) is 6.07. The van der Waals surface area contributed by atoms with Gasteiger partial charge >= 0.3 is 0 Å². The molecule has 0 unspecified atom stereocenters. The molecule has 0 spiro atoms. The summed E-state index contributed by atoms with van der Waals surface area (Å²) < 4.78 is 18.1. The number of piperazine rings is 1. The zero-order valence-corrected chi connectivity index (χ0v) is 15.3. The van der Waals surface area contributed by atoms with E-state index in [1.165, 1.54) is 12.1 Å². The fourth-order valence-electron chi connectivity index (χ4n) is 2.95. The monoisotopic (exact) mass is 363 g/mol. The Bertz CT molecular complexity index is 724. The lowest BCUT2D eigenvalue weighted by molar-refractivity contribution is -0.130. The molecule has 5 nitrogen and oxygen atoms in total. The molecule has 0 atom stereocenters. The van der Waals surface area contributed by atoms with Crippen LogP contribution in [0.5, 0.6) is 0 Å². The molecule has 134 valence electrons. The summed E-state index contributed by atoms with van der Waals surface area (Å²) in [4.78, 5) is 22.1. The molecule has 7 heteroatoms. The average molecular weight is 363 g/mol. The van der Waals surface area contributed by atoms with E-state index >= 15 is 0 Å². The van der Waals surface area contributed by atoms with Crippen LogP contribution in [0.15, 0.2) is 24.3 Å². The molecule has 0 N–H and O–H groups in total. The second kappa shape index (κ2) is 7.93. The summed E-state index contributed by atoms with van der Waals surface area (Å²) in [6.07, 6.45) is 0.393. The fourth-order valence-corrected chi connectivity index (χ4v) is 3.99. The topological polar surface area (TPSA) is 45.7 Å². The number of thiazole rings is 1. The minimum absolute atomic E-state index is 0.134. The number of methoxy groups -OCH3 is 1. The van der Waals surface area contributed by atoms with Crippen LogP contribution in [0.4, 0.5) is 10.1 Å². The smallest absolute Gasteiger partial charge is 0.228 e. The molecule has 1 saturated heterocycles. The molecule has 1 aliphatic heterocycles. The van der Waals surface area contributed by atoms with Crippen LogP contribution < -0.4 is 4.90 Å². The third-order valence-corrected chi connectivity index (χ3v) is 5.47. The first-order valence-corrected chi connectivity index (χ1v) is 9.11. The van der Waals surface area contributed by atoms with Crippen molar-refractivity contribution in [3.63, 3.8) is 0 Å². The summed E-state index contributed by atoms with van der Waals surface area (Å²) in [5.74, 6) is -0.0974. The lowest BCUT2D eigenvalue weighted by atomic mass is 10.2. The third-order valence-electron chi connectivity index (χ3n) is 4.34. The van der Waals surface area contributed by atoms with Crippen LogP contribution in [0.1, 0.15) is 15.6 Å². The summed E-state index contributed by atoms with van der Waals surface area (Å²) in [6, 6.07) is 6.50. The van der Waals surface area contributed by atoms with E-state index in [0.717, 1.165) is 34.4 Å². The number of hydrogen-bond donors (Lipinski definition) is 0. The van der Waals surface area contributed by atoms with Crippen LogP contribution in [0, 0.1) is 12.7 Å². The van der Waals surface area contributed by atoms with Crippen LogP contribution >= 0.6 is 11.3 Å². The average Bonchev–Trinajstić information content (AvgIpc) is 2.95. The van der Waals surface area contributed by atoms with Crippen LogP contribution in [-0.4, -0.2) is 49.1 Å². The van der Waals surface area contributed by atoms with Gasteiger partial charge in [0.2, 0.25) is 5.91 Å². The molecule has 2 heterocycles. The van der Waals surface area contributed by atoms with Crippen molar-refractivity contribution in [2.24, 2.45) is 0 Å². The highest BCUT2D eigenvalue weighted by Gasteiger charge is 2.22. The number of aromatic nitrogens is 1. The van der Waals surface area contributed by atoms with Gasteiger partial charge in [0.25, 0.3) is 0 Å². The molecule has 25 heavy (non-hydrogen) atoms. The maximum atomic E-state index is 13.0. The number of nitrogens with zero attached hydrogens (tertiary/aromatic N) is 3. The Morgan fingerprint density at radius 3 is 2.56 bits per heavy atom. The van der Waals surface area contributed by atoms with Crippen LogP contribution in [0.2, 0.25) is 0 Å². The van der Waals surface area contributed by atoms with Gasteiger partial charge < -0.3 is 14.5 Å². The van der Waals surface area contributed by atoms with Crippen molar-refractivity contribution in [2.75, 3.05) is 38.2 Å². The lowest BCUT2D eigenvalue weighted by Crippen LogP contribution is -2.49. The van der Waals surface area contributed by atoms with Crippen molar-refractivity contribution < 1.29 is 13.9 Å². The van der Waals surface area contributed by atoms with Gasteiger partial charge in [0.05, 0.1) is 18.7 Å². The largest absolute Gasteiger partial charge is 0.378 e. The van der Waals surface area contributed by atoms with E-state index in [0.29, 0.717) is 26.1 Å². The van der Waals surface area contributed by atoms with Gasteiger partial charge in [0, 0.05) is 43.9 Å². The highest BCUT2D eigenvalue weighted by molar-refractivity contribution is 7.11. The van der Waals surface area contributed by atoms with E-state index in [2.05, 4.69) is 9.88 Å². The Kier molecular flexibility index (Phi) is 5.65. The normalized spacial score (nSPS) is 14.8. The number of benzene rings is 1. The summed E-state index contributed by atoms with van der Waals surface area (Å²) in [5.41, 5.74) is 1.91. The van der Waals surface area contributed by atoms with Crippen molar-refractivity contribution in [1.82, 2.24) is 9.88 Å². The molecule has 1 amide bonds. The Morgan fingerprint density at radius 1 is 1.24 bits per heavy atom. The molecule has 1 aliphatic rings. The Balaban J connectivity index is 1.55. The van der Waals surface area contributed by atoms with Gasteiger partial charge in [-0.25, -0.2) is 9.37 Å². The third kappa shape index (κ3) is 4.35. The standard InChI is InChI=1S/C18H22FN3O2S/c1-13-16(25-17(20-13)12-24-2)11-18(23)22-9-7-21(8-10-22)15-5-3-14(19)4-6-15/h3-6H,7-12H2,1-2H3. The summed E-state index contributed by atoms with van der Waals surface area (Å²) in [6.45, 7) is 5.29. The number of anilines is 1. The molecular formula is C18H22FN3O2S. The molecule has 1 aromatic heterocycles. The molecular weight excluding hydrogens is 341 g/mol. The number of hydrogen-bond acceptors (Lipinski definition) is 5. The number of aryl methyl sites for hydroxylation is 1. The number of halogens is 1. The molecule has 0 bridgehead atoms. The molecule has 1 fully saturated rings. The van der Waals surface area contributed by atoms with E-state index in [-0.39, 0.29) is 11.7 Å². The minimum Gasteiger partial charge on any atom is -0.378 e. The molecule has 0 radical (unpaired) electrons. The van der Waals surface area contributed by atoms with Crippen LogP contribution in [0.3, 0.4) is 0 Å². The maximum absolute atomic E-state index is 13.0. The van der Waals surface area contributed by atoms with Crippen LogP contribution in [-0.2, 0) is 22.6 Å². The van der Waals surface area contributed by atoms with Gasteiger partial charge in [0.1, 0.15) is 10.8 Å².